The van der Waals surface area contributed by atoms with Crippen LogP contribution < -0.4 is 0 Å². The van der Waals surface area contributed by atoms with Crippen LogP contribution in [0, 0.1) is 0 Å². The summed E-state index contributed by atoms with van der Waals surface area (Å²) in [5.41, 5.74) is 0. The molecule has 1 atom stereocenters. The normalized spacial score (nSPS) is 12.3. The van der Waals surface area contributed by atoms with E-state index in [1.54, 1.807) is 0 Å². The number of unbranched alkanes of at least 4 members (excludes halogenated alkanes) is 30. The van der Waals surface area contributed by atoms with Crippen LogP contribution in [0.3, 0.4) is 0 Å². The first-order chi connectivity index (χ1) is 19.7. The van der Waals surface area contributed by atoms with Crippen LogP contribution in [0.5, 0.6) is 0 Å². The molecule has 1 N–H and O–H groups in total. The molecule has 0 amide bonds. The van der Waals surface area contributed by atoms with E-state index in [4.69, 9.17) is 0 Å². The van der Waals surface area contributed by atoms with Crippen molar-refractivity contribution in [2.45, 2.75) is 238 Å². The van der Waals surface area contributed by atoms with Crippen LogP contribution in [0.1, 0.15) is 232 Å². The van der Waals surface area contributed by atoms with Crippen molar-refractivity contribution in [3.05, 3.63) is 0 Å². The molecule has 0 aromatic carbocycles. The lowest BCUT2D eigenvalue weighted by Gasteiger charge is -2.09. The number of ketones is 1. The van der Waals surface area contributed by atoms with E-state index in [1.807, 2.05) is 0 Å². The Morgan fingerprint density at radius 3 is 0.875 bits per heavy atom. The van der Waals surface area contributed by atoms with Gasteiger partial charge in [0.2, 0.25) is 0 Å². The van der Waals surface area contributed by atoms with Crippen LogP contribution in [0.15, 0.2) is 0 Å². The van der Waals surface area contributed by atoms with Crippen LogP contribution in [0.25, 0.3) is 0 Å². The molecule has 0 heterocycles. The van der Waals surface area contributed by atoms with Crippen molar-refractivity contribution in [1.82, 2.24) is 0 Å². The van der Waals surface area contributed by atoms with Crippen molar-refractivity contribution in [2.24, 2.45) is 0 Å². The Labute approximate surface area is 253 Å². The Bertz CT molecular complexity index is 474. The Balaban J connectivity index is 3.16. The van der Waals surface area contributed by atoms with Gasteiger partial charge >= 0.3 is 0 Å². The molecule has 0 spiro atoms. The average Bonchev–Trinajstić information content (AvgIpc) is 2.96. The van der Waals surface area contributed by atoms with Crippen LogP contribution >= 0.6 is 0 Å². The zero-order valence-electron chi connectivity index (χ0n) is 28.0. The number of aliphatic hydroxyl groups excluding tert-OH is 1. The average molecular weight is 565 g/mol. The number of hydrogen-bond donors (Lipinski definition) is 1. The van der Waals surface area contributed by atoms with Gasteiger partial charge in [0, 0.05) is 6.42 Å². The molecule has 2 nitrogen and oxygen atoms in total. The standard InChI is InChI=1S/C38H76O2/c1-3-5-7-9-10-11-12-13-14-15-16-17-18-19-20-21-22-23-24-25-26-27-28-29-30-32-34-36-38(40)37(39)35-33-31-8-6-4-2/h38,40H,3-36H2,1-2H3. The largest absolute Gasteiger partial charge is 0.385 e. The fourth-order valence-electron chi connectivity index (χ4n) is 6.06. The van der Waals surface area contributed by atoms with Crippen LogP contribution in [0.4, 0.5) is 0 Å². The smallest absolute Gasteiger partial charge is 0.161 e. The van der Waals surface area contributed by atoms with E-state index < -0.39 is 6.10 Å². The van der Waals surface area contributed by atoms with Gasteiger partial charge in [-0.25, -0.2) is 0 Å². The van der Waals surface area contributed by atoms with E-state index in [-0.39, 0.29) is 5.78 Å². The van der Waals surface area contributed by atoms with E-state index >= 15 is 0 Å². The second-order valence-corrected chi connectivity index (χ2v) is 13.1. The van der Waals surface area contributed by atoms with E-state index in [2.05, 4.69) is 13.8 Å². The fraction of sp³-hybridized carbons (Fsp3) is 0.974. The molecule has 0 fully saturated rings. The lowest BCUT2D eigenvalue weighted by atomic mass is 10.0. The van der Waals surface area contributed by atoms with Gasteiger partial charge in [-0.3, -0.25) is 4.79 Å². The molecule has 0 aliphatic carbocycles. The number of aliphatic hydroxyl groups is 1. The monoisotopic (exact) mass is 565 g/mol. The summed E-state index contributed by atoms with van der Waals surface area (Å²) in [6.07, 6.45) is 44.3. The molecular weight excluding hydrogens is 488 g/mol. The predicted octanol–water partition coefficient (Wildman–Crippen LogP) is 13.2. The third-order valence-electron chi connectivity index (χ3n) is 8.98. The fourth-order valence-corrected chi connectivity index (χ4v) is 6.06. The summed E-state index contributed by atoms with van der Waals surface area (Å²) in [5.74, 6) is 0.0753. The lowest BCUT2D eigenvalue weighted by molar-refractivity contribution is -0.127. The molecule has 0 aliphatic rings. The van der Waals surface area contributed by atoms with Gasteiger partial charge in [-0.15, -0.1) is 0 Å². The number of carbonyl (C=O) groups is 1. The van der Waals surface area contributed by atoms with Crippen molar-refractivity contribution in [3.63, 3.8) is 0 Å². The highest BCUT2D eigenvalue weighted by Crippen LogP contribution is 2.17. The third-order valence-corrected chi connectivity index (χ3v) is 8.98. The molecule has 40 heavy (non-hydrogen) atoms. The van der Waals surface area contributed by atoms with Crippen molar-refractivity contribution in [1.29, 1.82) is 0 Å². The maximum Gasteiger partial charge on any atom is 0.161 e. The summed E-state index contributed by atoms with van der Waals surface area (Å²) in [7, 11) is 0. The second-order valence-electron chi connectivity index (χ2n) is 13.1. The van der Waals surface area contributed by atoms with Crippen molar-refractivity contribution in [3.8, 4) is 0 Å². The first kappa shape index (κ1) is 39.6. The Hall–Kier alpha value is -0.370. The molecule has 0 saturated carbocycles. The van der Waals surface area contributed by atoms with Crippen LogP contribution in [-0.2, 0) is 4.79 Å². The molecule has 0 rings (SSSR count). The summed E-state index contributed by atoms with van der Waals surface area (Å²) < 4.78 is 0. The molecule has 0 saturated heterocycles. The van der Waals surface area contributed by atoms with E-state index in [0.717, 1.165) is 19.3 Å². The molecule has 0 aliphatic heterocycles. The Morgan fingerprint density at radius 1 is 0.375 bits per heavy atom. The van der Waals surface area contributed by atoms with Crippen LogP contribution in [0.2, 0.25) is 0 Å². The van der Waals surface area contributed by atoms with Crippen molar-refractivity contribution < 1.29 is 9.90 Å². The zero-order valence-corrected chi connectivity index (χ0v) is 28.0. The predicted molar refractivity (Wildman–Crippen MR) is 179 cm³/mol. The van der Waals surface area contributed by atoms with Crippen LogP contribution in [-0.4, -0.2) is 17.0 Å². The molecule has 0 bridgehead atoms. The lowest BCUT2D eigenvalue weighted by Crippen LogP contribution is -2.19. The number of Topliss-reactive ketones (excluding diaryl/α,β-unsaturated/α-hetero) is 1. The minimum atomic E-state index is -0.703. The number of carbonyl (C=O) groups excluding carboxylic acids is 1. The summed E-state index contributed by atoms with van der Waals surface area (Å²) in [6.45, 7) is 4.51. The van der Waals surface area contributed by atoms with E-state index in [0.29, 0.717) is 12.8 Å². The molecular formula is C38H76O2. The summed E-state index contributed by atoms with van der Waals surface area (Å²) in [4.78, 5) is 12.0. The second kappa shape index (κ2) is 34.8. The molecule has 0 aromatic heterocycles. The highest BCUT2D eigenvalue weighted by molar-refractivity contribution is 5.82. The topological polar surface area (TPSA) is 37.3 Å². The summed E-state index contributed by atoms with van der Waals surface area (Å²) >= 11 is 0. The van der Waals surface area contributed by atoms with Gasteiger partial charge < -0.3 is 5.11 Å². The van der Waals surface area contributed by atoms with Gasteiger partial charge in [-0.05, 0) is 12.8 Å². The summed E-state index contributed by atoms with van der Waals surface area (Å²) in [6, 6.07) is 0. The first-order valence-electron chi connectivity index (χ1n) is 18.9. The quantitative estimate of drug-likeness (QED) is 0.0777. The van der Waals surface area contributed by atoms with E-state index in [1.165, 1.54) is 186 Å². The maximum atomic E-state index is 12.0. The third kappa shape index (κ3) is 32.1. The molecule has 2 heteroatoms. The molecule has 240 valence electrons. The molecule has 0 aromatic rings. The Morgan fingerprint density at radius 2 is 0.600 bits per heavy atom. The van der Waals surface area contributed by atoms with Gasteiger partial charge in [-0.2, -0.15) is 0 Å². The van der Waals surface area contributed by atoms with Crippen molar-refractivity contribution in [2.75, 3.05) is 0 Å². The maximum absolute atomic E-state index is 12.0. The SMILES string of the molecule is CCCCCCCCCCCCCCCCCCCCCCCCCCCCCC(O)C(=O)CCCCCCC. The van der Waals surface area contributed by atoms with E-state index in [9.17, 15) is 9.90 Å². The summed E-state index contributed by atoms with van der Waals surface area (Å²) in [5, 5.41) is 10.1. The van der Waals surface area contributed by atoms with Gasteiger partial charge in [0.05, 0.1) is 0 Å². The minimum absolute atomic E-state index is 0.0753. The van der Waals surface area contributed by atoms with Gasteiger partial charge in [-0.1, -0.05) is 213 Å². The number of rotatable bonds is 35. The highest BCUT2D eigenvalue weighted by Gasteiger charge is 2.13. The minimum Gasteiger partial charge on any atom is -0.385 e. The first-order valence-corrected chi connectivity index (χ1v) is 18.9. The van der Waals surface area contributed by atoms with Gasteiger partial charge in [0.1, 0.15) is 6.10 Å². The Kier molecular flexibility index (Phi) is 34.5. The zero-order chi connectivity index (χ0) is 29.2. The van der Waals surface area contributed by atoms with Crippen molar-refractivity contribution >= 4 is 5.78 Å². The molecule has 1 unspecified atom stereocenters. The van der Waals surface area contributed by atoms with Gasteiger partial charge in [0.15, 0.2) is 5.78 Å². The molecule has 0 radical (unpaired) electrons. The van der Waals surface area contributed by atoms with Gasteiger partial charge in [0.25, 0.3) is 0 Å². The number of hydrogen-bond acceptors (Lipinski definition) is 2. The highest BCUT2D eigenvalue weighted by atomic mass is 16.3.